The number of nitrogens with zero attached hydrogens (tertiary/aromatic N) is 6. The normalized spacial score (nSPS) is 22.3. The number of aryl methyl sites for hydroxylation is 1. The molecule has 46 heavy (non-hydrogen) atoms. The Kier molecular flexibility index (Phi) is 7.18. The molecule has 0 radical (unpaired) electrons. The SMILES string of the molecule is CN(c1nc(-c2ccc(F)cc2)c(C#N)s1)c1c2c(nc3c(F)cc(N4CCC5(CCN(C(=O)C6CCOC6)C5)C4)cc13)CCC2. The first kappa shape index (κ1) is 29.3. The molecule has 1 aliphatic carbocycles. The Labute approximate surface area is 270 Å². The van der Waals surface area contributed by atoms with E-state index in [9.17, 15) is 14.4 Å². The highest BCUT2D eigenvalue weighted by molar-refractivity contribution is 7.16. The Hall–Kier alpha value is -4.14. The first-order valence-corrected chi connectivity index (χ1v) is 16.8. The van der Waals surface area contributed by atoms with E-state index in [4.69, 9.17) is 14.7 Å². The lowest BCUT2D eigenvalue weighted by Gasteiger charge is -2.27. The Morgan fingerprint density at radius 3 is 2.74 bits per heavy atom. The van der Waals surface area contributed by atoms with Gasteiger partial charge in [-0.3, -0.25) is 4.79 Å². The van der Waals surface area contributed by atoms with Crippen molar-refractivity contribution in [2.75, 3.05) is 56.2 Å². The monoisotopic (exact) mass is 640 g/mol. The van der Waals surface area contributed by atoms with Crippen LogP contribution in [0.15, 0.2) is 36.4 Å². The number of fused-ring (bicyclic) bond motifs is 2. The van der Waals surface area contributed by atoms with Crippen LogP contribution in [0, 0.1) is 34.3 Å². The molecule has 0 bridgehead atoms. The summed E-state index contributed by atoms with van der Waals surface area (Å²) >= 11 is 1.27. The molecule has 2 atom stereocenters. The minimum atomic E-state index is -0.355. The first-order valence-electron chi connectivity index (χ1n) is 16.0. The molecule has 2 aromatic heterocycles. The van der Waals surface area contributed by atoms with E-state index in [-0.39, 0.29) is 28.9 Å². The fourth-order valence-corrected chi connectivity index (χ4v) is 8.73. The van der Waals surface area contributed by atoms with Gasteiger partial charge in [-0.25, -0.2) is 18.7 Å². The molecule has 1 amide bonds. The van der Waals surface area contributed by atoms with E-state index in [1.807, 2.05) is 16.8 Å². The number of carbonyl (C=O) groups excluding carboxylic acids is 1. The van der Waals surface area contributed by atoms with E-state index < -0.39 is 0 Å². The van der Waals surface area contributed by atoms with Crippen molar-refractivity contribution >= 4 is 44.7 Å². The van der Waals surface area contributed by atoms with Crippen LogP contribution in [0.4, 0.5) is 25.3 Å². The number of halogens is 2. The summed E-state index contributed by atoms with van der Waals surface area (Å²) < 4.78 is 35.1. The second kappa shape index (κ2) is 11.3. The standard InChI is InChI=1S/C35H34F2N6O2S/c1-41(34-40-30(29(17-38)46-34)21-5-7-23(36)8-6-21)32-25-3-2-4-28(25)39-31-26(32)15-24(16-27(31)37)42-12-10-35(19-42)11-13-43(20-35)33(44)22-9-14-45-18-22/h5-8,15-16,22H,2-4,9-14,18-20H2,1H3. The first-order chi connectivity index (χ1) is 22.3. The van der Waals surface area contributed by atoms with Gasteiger partial charge in [0.15, 0.2) is 10.9 Å². The molecule has 4 aliphatic rings. The molecule has 2 aromatic carbocycles. The van der Waals surface area contributed by atoms with E-state index in [2.05, 4.69) is 17.0 Å². The highest BCUT2D eigenvalue weighted by Gasteiger charge is 2.46. The van der Waals surface area contributed by atoms with E-state index >= 15 is 4.39 Å². The highest BCUT2D eigenvalue weighted by Crippen LogP contribution is 2.46. The fourth-order valence-electron chi connectivity index (χ4n) is 7.87. The molecule has 8 nitrogen and oxygen atoms in total. The number of aromatic nitrogens is 2. The van der Waals surface area contributed by atoms with E-state index in [0.29, 0.717) is 40.0 Å². The number of carbonyl (C=O) groups is 1. The number of nitriles is 1. The van der Waals surface area contributed by atoms with Crippen molar-refractivity contribution in [2.24, 2.45) is 11.3 Å². The molecule has 3 saturated heterocycles. The maximum atomic E-state index is 16.0. The summed E-state index contributed by atoms with van der Waals surface area (Å²) in [5, 5.41) is 11.3. The van der Waals surface area contributed by atoms with Crippen molar-refractivity contribution in [1.29, 1.82) is 5.26 Å². The molecular weight excluding hydrogens is 606 g/mol. The third kappa shape index (κ3) is 4.90. The molecule has 0 saturated carbocycles. The number of rotatable bonds is 5. The van der Waals surface area contributed by atoms with Gasteiger partial charge in [-0.1, -0.05) is 11.3 Å². The smallest absolute Gasteiger partial charge is 0.228 e. The third-order valence-corrected chi connectivity index (χ3v) is 11.4. The topological polar surface area (TPSA) is 85.6 Å². The van der Waals surface area contributed by atoms with Gasteiger partial charge < -0.3 is 19.4 Å². The zero-order chi connectivity index (χ0) is 31.6. The van der Waals surface area contributed by atoms with Crippen molar-refractivity contribution in [1.82, 2.24) is 14.9 Å². The fraction of sp³-hybridized carbons (Fsp3) is 0.429. The Balaban J connectivity index is 1.14. The predicted octanol–water partition coefficient (Wildman–Crippen LogP) is 6.23. The second-order valence-corrected chi connectivity index (χ2v) is 14.1. The van der Waals surface area contributed by atoms with Gasteiger partial charge in [-0.05, 0) is 80.5 Å². The summed E-state index contributed by atoms with van der Waals surface area (Å²) in [5.41, 5.74) is 5.18. The lowest BCUT2D eigenvalue weighted by atomic mass is 9.86. The number of likely N-dealkylation sites (tertiary alicyclic amines) is 1. The zero-order valence-electron chi connectivity index (χ0n) is 25.7. The minimum Gasteiger partial charge on any atom is -0.381 e. The number of hydrogen-bond donors (Lipinski definition) is 0. The number of hydrogen-bond acceptors (Lipinski definition) is 8. The molecule has 11 heteroatoms. The van der Waals surface area contributed by atoms with Crippen LogP contribution in [0.5, 0.6) is 0 Å². The Bertz CT molecular complexity index is 1900. The summed E-state index contributed by atoms with van der Waals surface area (Å²) in [7, 11) is 1.91. The van der Waals surface area contributed by atoms with Crippen LogP contribution in [0.25, 0.3) is 22.2 Å². The van der Waals surface area contributed by atoms with Crippen molar-refractivity contribution in [3.8, 4) is 17.3 Å². The molecular formula is C35H34F2N6O2S. The van der Waals surface area contributed by atoms with Gasteiger partial charge in [-0.15, -0.1) is 0 Å². The van der Waals surface area contributed by atoms with Crippen molar-refractivity contribution < 1.29 is 18.3 Å². The maximum Gasteiger partial charge on any atom is 0.228 e. The van der Waals surface area contributed by atoms with Crippen LogP contribution in [0.2, 0.25) is 0 Å². The number of amides is 1. The molecule has 2 unspecified atom stereocenters. The number of anilines is 3. The van der Waals surface area contributed by atoms with Crippen molar-refractivity contribution in [2.45, 2.75) is 38.5 Å². The summed E-state index contributed by atoms with van der Waals surface area (Å²) in [6.07, 6.45) is 5.25. The van der Waals surface area contributed by atoms with Gasteiger partial charge in [0.25, 0.3) is 0 Å². The second-order valence-electron chi connectivity index (χ2n) is 13.2. The molecule has 5 heterocycles. The molecule has 8 rings (SSSR count). The average molecular weight is 641 g/mol. The summed E-state index contributed by atoms with van der Waals surface area (Å²) in [4.78, 5) is 29.5. The largest absolute Gasteiger partial charge is 0.381 e. The highest BCUT2D eigenvalue weighted by atomic mass is 32.1. The van der Waals surface area contributed by atoms with Crippen LogP contribution < -0.4 is 9.80 Å². The van der Waals surface area contributed by atoms with Crippen molar-refractivity contribution in [3.05, 3.63) is 64.2 Å². The van der Waals surface area contributed by atoms with Gasteiger partial charge >= 0.3 is 0 Å². The number of pyridine rings is 1. The van der Waals surface area contributed by atoms with E-state index in [1.165, 1.54) is 23.5 Å². The van der Waals surface area contributed by atoms with Gasteiger partial charge in [0.05, 0.1) is 18.2 Å². The van der Waals surface area contributed by atoms with E-state index in [0.717, 1.165) is 92.7 Å². The predicted molar refractivity (Wildman–Crippen MR) is 173 cm³/mol. The lowest BCUT2D eigenvalue weighted by molar-refractivity contribution is -0.134. The average Bonchev–Trinajstić information content (AvgIpc) is 3.91. The number of thiazole rings is 1. The van der Waals surface area contributed by atoms with Gasteiger partial charge in [0.1, 0.15) is 28.0 Å². The van der Waals surface area contributed by atoms with Crippen LogP contribution in [0.1, 0.15) is 41.8 Å². The van der Waals surface area contributed by atoms with Crippen LogP contribution in [-0.2, 0) is 22.4 Å². The van der Waals surface area contributed by atoms with Gasteiger partial charge in [0.2, 0.25) is 5.91 Å². The third-order valence-electron chi connectivity index (χ3n) is 10.3. The van der Waals surface area contributed by atoms with Crippen molar-refractivity contribution in [3.63, 3.8) is 0 Å². The Morgan fingerprint density at radius 2 is 1.96 bits per heavy atom. The molecule has 0 N–H and O–H groups in total. The molecule has 3 aliphatic heterocycles. The molecule has 3 fully saturated rings. The lowest BCUT2D eigenvalue weighted by Crippen LogP contribution is -2.37. The molecule has 1 spiro atoms. The molecule has 236 valence electrons. The Morgan fingerprint density at radius 1 is 1.13 bits per heavy atom. The van der Waals surface area contributed by atoms with Gasteiger partial charge in [-0.2, -0.15) is 5.26 Å². The van der Waals surface area contributed by atoms with Crippen LogP contribution in [-0.4, -0.2) is 67.2 Å². The zero-order valence-corrected chi connectivity index (χ0v) is 26.5. The van der Waals surface area contributed by atoms with Crippen LogP contribution >= 0.6 is 11.3 Å². The summed E-state index contributed by atoms with van der Waals surface area (Å²) in [6, 6.07) is 11.9. The van der Waals surface area contributed by atoms with Gasteiger partial charge in [0, 0.05) is 67.6 Å². The number of ether oxygens (including phenoxy) is 1. The summed E-state index contributed by atoms with van der Waals surface area (Å²) in [5.74, 6) is -0.526. The quantitative estimate of drug-likeness (QED) is 0.256. The molecule has 4 aromatic rings. The number of benzene rings is 2. The minimum absolute atomic E-state index is 0.00169. The summed E-state index contributed by atoms with van der Waals surface area (Å²) in [6.45, 7) is 4.24. The maximum absolute atomic E-state index is 16.0. The van der Waals surface area contributed by atoms with E-state index in [1.54, 1.807) is 18.2 Å². The van der Waals surface area contributed by atoms with Crippen LogP contribution in [0.3, 0.4) is 0 Å².